The summed E-state index contributed by atoms with van der Waals surface area (Å²) in [5.74, 6) is 0.260. The van der Waals surface area contributed by atoms with Gasteiger partial charge in [-0.2, -0.15) is 0 Å². The van der Waals surface area contributed by atoms with Gasteiger partial charge in [0.05, 0.1) is 0 Å². The molecule has 2 atom stereocenters. The van der Waals surface area contributed by atoms with Gasteiger partial charge in [-0.05, 0) is 45.7 Å². The normalized spacial score (nSPS) is 13.8. The fraction of sp³-hybridized carbons (Fsp3) is 0.588. The third kappa shape index (κ3) is 4.97. The Bertz CT molecular complexity index is 412. The van der Waals surface area contributed by atoms with Crippen LogP contribution in [0.25, 0.3) is 0 Å². The summed E-state index contributed by atoms with van der Waals surface area (Å²) in [6.45, 7) is 8.81. The summed E-state index contributed by atoms with van der Waals surface area (Å²) in [5.41, 5.74) is 7.95. The van der Waals surface area contributed by atoms with Crippen molar-refractivity contribution >= 4 is 11.6 Å². The minimum atomic E-state index is 0.0509. The van der Waals surface area contributed by atoms with Crippen molar-refractivity contribution in [1.29, 1.82) is 0 Å². The summed E-state index contributed by atoms with van der Waals surface area (Å²) < 4.78 is 0. The Balaban J connectivity index is 2.64. The number of nitrogens with zero attached hydrogens (tertiary/aromatic N) is 1. The molecule has 2 unspecified atom stereocenters. The van der Waals surface area contributed by atoms with Gasteiger partial charge in [-0.3, -0.25) is 4.79 Å². The molecule has 1 aromatic rings. The number of nitrogens with two attached hydrogens (primary N) is 1. The van der Waals surface area contributed by atoms with Crippen LogP contribution in [-0.4, -0.2) is 18.5 Å². The number of carbonyl (C=O) groups is 1. The minimum absolute atomic E-state index is 0.0509. The SMILES string of the molecule is CCN(C(=O)C(C)CCCC(C)N)c1ccc(C)cc1. The molecule has 0 fully saturated rings. The highest BCUT2D eigenvalue weighted by atomic mass is 16.2. The lowest BCUT2D eigenvalue weighted by atomic mass is 10.0. The Hall–Kier alpha value is -1.35. The molecule has 0 radical (unpaired) electrons. The maximum Gasteiger partial charge on any atom is 0.229 e. The van der Waals surface area contributed by atoms with Gasteiger partial charge in [0, 0.05) is 24.2 Å². The van der Waals surface area contributed by atoms with Crippen molar-refractivity contribution < 1.29 is 4.79 Å². The summed E-state index contributed by atoms with van der Waals surface area (Å²) in [6, 6.07) is 8.35. The largest absolute Gasteiger partial charge is 0.328 e. The molecular formula is C17H28N2O. The van der Waals surface area contributed by atoms with E-state index in [1.807, 2.05) is 49.9 Å². The minimum Gasteiger partial charge on any atom is -0.328 e. The lowest BCUT2D eigenvalue weighted by Gasteiger charge is -2.25. The molecule has 0 aromatic heterocycles. The van der Waals surface area contributed by atoms with E-state index in [0.717, 1.165) is 24.9 Å². The number of anilines is 1. The number of hydrogen-bond acceptors (Lipinski definition) is 2. The molecule has 0 heterocycles. The third-order valence-electron chi connectivity index (χ3n) is 3.65. The van der Waals surface area contributed by atoms with Crippen LogP contribution < -0.4 is 10.6 Å². The smallest absolute Gasteiger partial charge is 0.229 e. The predicted octanol–water partition coefficient (Wildman–Crippen LogP) is 3.50. The first-order chi connectivity index (χ1) is 9.45. The Kier molecular flexibility index (Phi) is 6.73. The van der Waals surface area contributed by atoms with Gasteiger partial charge in [-0.1, -0.05) is 31.0 Å². The maximum absolute atomic E-state index is 12.5. The lowest BCUT2D eigenvalue weighted by molar-refractivity contribution is -0.122. The highest BCUT2D eigenvalue weighted by molar-refractivity contribution is 5.94. The highest BCUT2D eigenvalue weighted by Crippen LogP contribution is 2.20. The van der Waals surface area contributed by atoms with Gasteiger partial charge in [0.1, 0.15) is 0 Å². The average molecular weight is 276 g/mol. The van der Waals surface area contributed by atoms with Crippen LogP contribution in [-0.2, 0) is 4.79 Å². The molecule has 0 aliphatic carbocycles. The van der Waals surface area contributed by atoms with Crippen LogP contribution in [0.15, 0.2) is 24.3 Å². The van der Waals surface area contributed by atoms with E-state index in [4.69, 9.17) is 5.73 Å². The lowest BCUT2D eigenvalue weighted by Crippen LogP contribution is -2.35. The summed E-state index contributed by atoms with van der Waals surface area (Å²) in [7, 11) is 0. The van der Waals surface area contributed by atoms with E-state index in [-0.39, 0.29) is 17.9 Å². The van der Waals surface area contributed by atoms with E-state index in [9.17, 15) is 4.79 Å². The molecule has 112 valence electrons. The molecule has 0 saturated heterocycles. The number of benzene rings is 1. The molecule has 3 nitrogen and oxygen atoms in total. The summed E-state index contributed by atoms with van der Waals surface area (Å²) >= 11 is 0. The molecule has 2 N–H and O–H groups in total. The zero-order valence-electron chi connectivity index (χ0n) is 13.2. The molecule has 0 aliphatic heterocycles. The molecule has 1 rings (SSSR count). The zero-order valence-corrected chi connectivity index (χ0v) is 13.2. The van der Waals surface area contributed by atoms with Crippen LogP contribution in [0.3, 0.4) is 0 Å². The average Bonchev–Trinajstić information content (AvgIpc) is 2.41. The fourth-order valence-corrected chi connectivity index (χ4v) is 2.33. The predicted molar refractivity (Wildman–Crippen MR) is 85.9 cm³/mol. The van der Waals surface area contributed by atoms with Crippen molar-refractivity contribution in [1.82, 2.24) is 0 Å². The molecule has 0 bridgehead atoms. The second-order valence-corrected chi connectivity index (χ2v) is 5.73. The van der Waals surface area contributed by atoms with E-state index >= 15 is 0 Å². The molecule has 0 aliphatic rings. The maximum atomic E-state index is 12.5. The van der Waals surface area contributed by atoms with Crippen LogP contribution in [0.5, 0.6) is 0 Å². The second kappa shape index (κ2) is 8.05. The van der Waals surface area contributed by atoms with Gasteiger partial charge >= 0.3 is 0 Å². The Labute approximate surface area is 123 Å². The van der Waals surface area contributed by atoms with Crippen LogP contribution in [0.4, 0.5) is 5.69 Å². The quantitative estimate of drug-likeness (QED) is 0.828. The number of hydrogen-bond donors (Lipinski definition) is 1. The number of rotatable bonds is 7. The molecule has 1 amide bonds. The van der Waals surface area contributed by atoms with Crippen LogP contribution in [0.1, 0.15) is 45.6 Å². The van der Waals surface area contributed by atoms with Crippen LogP contribution in [0.2, 0.25) is 0 Å². The highest BCUT2D eigenvalue weighted by Gasteiger charge is 2.20. The third-order valence-corrected chi connectivity index (χ3v) is 3.65. The Morgan fingerprint density at radius 2 is 1.80 bits per heavy atom. The fourth-order valence-electron chi connectivity index (χ4n) is 2.33. The second-order valence-electron chi connectivity index (χ2n) is 5.73. The molecular weight excluding hydrogens is 248 g/mol. The van der Waals surface area contributed by atoms with E-state index in [1.165, 1.54) is 5.56 Å². The van der Waals surface area contributed by atoms with E-state index in [2.05, 4.69) is 6.92 Å². The van der Waals surface area contributed by atoms with Crippen molar-refractivity contribution in [2.24, 2.45) is 11.7 Å². The molecule has 1 aromatic carbocycles. The van der Waals surface area contributed by atoms with E-state index in [1.54, 1.807) is 0 Å². The van der Waals surface area contributed by atoms with Crippen molar-refractivity contribution in [2.75, 3.05) is 11.4 Å². The Morgan fingerprint density at radius 3 is 2.30 bits per heavy atom. The number of amides is 1. The first kappa shape index (κ1) is 16.7. The Morgan fingerprint density at radius 1 is 1.20 bits per heavy atom. The van der Waals surface area contributed by atoms with E-state index in [0.29, 0.717) is 6.54 Å². The standard InChI is InChI=1S/C17H28N2O/c1-5-19(16-11-9-13(2)10-12-16)17(20)14(3)7-6-8-15(4)18/h9-12,14-15H,5-8,18H2,1-4H3. The van der Waals surface area contributed by atoms with Crippen molar-refractivity contribution in [3.05, 3.63) is 29.8 Å². The van der Waals surface area contributed by atoms with Crippen molar-refractivity contribution in [3.63, 3.8) is 0 Å². The van der Waals surface area contributed by atoms with Crippen LogP contribution >= 0.6 is 0 Å². The summed E-state index contributed by atoms with van der Waals surface area (Å²) in [4.78, 5) is 14.4. The molecule has 3 heteroatoms. The van der Waals surface area contributed by atoms with Gasteiger partial charge in [0.15, 0.2) is 0 Å². The monoisotopic (exact) mass is 276 g/mol. The number of aryl methyl sites for hydroxylation is 1. The van der Waals surface area contributed by atoms with Crippen LogP contribution in [0, 0.1) is 12.8 Å². The van der Waals surface area contributed by atoms with Crippen molar-refractivity contribution in [3.8, 4) is 0 Å². The van der Waals surface area contributed by atoms with Gasteiger partial charge in [-0.25, -0.2) is 0 Å². The van der Waals surface area contributed by atoms with E-state index < -0.39 is 0 Å². The summed E-state index contributed by atoms with van der Waals surface area (Å²) in [5, 5.41) is 0. The first-order valence-corrected chi connectivity index (χ1v) is 7.59. The van der Waals surface area contributed by atoms with Crippen molar-refractivity contribution in [2.45, 2.75) is 53.0 Å². The number of carbonyl (C=O) groups excluding carboxylic acids is 1. The summed E-state index contributed by atoms with van der Waals surface area (Å²) in [6.07, 6.45) is 2.90. The molecule has 0 spiro atoms. The zero-order chi connectivity index (χ0) is 15.1. The molecule has 20 heavy (non-hydrogen) atoms. The van der Waals surface area contributed by atoms with Gasteiger partial charge < -0.3 is 10.6 Å². The topological polar surface area (TPSA) is 46.3 Å². The van der Waals surface area contributed by atoms with Gasteiger partial charge in [-0.15, -0.1) is 0 Å². The van der Waals surface area contributed by atoms with Gasteiger partial charge in [0.2, 0.25) is 5.91 Å². The van der Waals surface area contributed by atoms with Gasteiger partial charge in [0.25, 0.3) is 0 Å². The molecule has 0 saturated carbocycles. The first-order valence-electron chi connectivity index (χ1n) is 7.59.